The van der Waals surface area contributed by atoms with Gasteiger partial charge in [0.2, 0.25) is 10.0 Å². The first kappa shape index (κ1) is 15.5. The number of nitrogens with zero attached hydrogens (tertiary/aromatic N) is 1. The van der Waals surface area contributed by atoms with Crippen LogP contribution in [0.2, 0.25) is 0 Å². The Balaban J connectivity index is 1.75. The largest absolute Gasteiger partial charge is 0.487 e. The van der Waals surface area contributed by atoms with Crippen molar-refractivity contribution >= 4 is 16.1 Å². The van der Waals surface area contributed by atoms with Gasteiger partial charge in [0.05, 0.1) is 4.91 Å². The maximum Gasteiger partial charge on any atom is 0.240 e. The molecule has 0 amide bonds. The first-order chi connectivity index (χ1) is 10.6. The summed E-state index contributed by atoms with van der Waals surface area (Å²) in [5.41, 5.74) is 0.813. The molecule has 0 unspecified atom stereocenters. The van der Waals surface area contributed by atoms with Crippen molar-refractivity contribution in [3.05, 3.63) is 34.7 Å². The summed E-state index contributed by atoms with van der Waals surface area (Å²) < 4.78 is 33.6. The summed E-state index contributed by atoms with van der Waals surface area (Å²) in [6, 6.07) is 7.46. The third kappa shape index (κ3) is 3.34. The van der Waals surface area contributed by atoms with Crippen LogP contribution in [0.5, 0.6) is 5.75 Å². The fourth-order valence-electron chi connectivity index (χ4n) is 2.98. The number of para-hydroxylation sites is 1. The second kappa shape index (κ2) is 6.40. The summed E-state index contributed by atoms with van der Waals surface area (Å²) in [4.78, 5) is 2.58. The van der Waals surface area contributed by atoms with E-state index in [4.69, 9.17) is 4.74 Å². The lowest BCUT2D eigenvalue weighted by Crippen LogP contribution is -2.48. The second-order valence-corrected chi connectivity index (χ2v) is 7.56. The van der Waals surface area contributed by atoms with E-state index >= 15 is 0 Å². The molecule has 2 heterocycles. The van der Waals surface area contributed by atoms with Crippen molar-refractivity contribution in [1.82, 2.24) is 9.62 Å². The molecule has 120 valence electrons. The van der Waals surface area contributed by atoms with Crippen LogP contribution in [0.1, 0.15) is 25.3 Å². The summed E-state index contributed by atoms with van der Waals surface area (Å²) in [5.74, 6) is 0.733. The molecule has 1 aromatic rings. The van der Waals surface area contributed by atoms with Gasteiger partial charge in [-0.25, -0.2) is 13.1 Å². The number of likely N-dealkylation sites (tertiary alicyclic amines) is 1. The third-order valence-corrected chi connectivity index (χ3v) is 5.79. The van der Waals surface area contributed by atoms with Crippen LogP contribution in [0, 0.1) is 0 Å². The van der Waals surface area contributed by atoms with Crippen molar-refractivity contribution in [2.45, 2.75) is 25.8 Å². The summed E-state index contributed by atoms with van der Waals surface area (Å²) in [6.07, 6.45) is 3.63. The number of ether oxygens (including phenoxy) is 1. The van der Waals surface area contributed by atoms with E-state index in [2.05, 4.69) is 16.5 Å². The minimum Gasteiger partial charge on any atom is -0.487 e. The number of hydrogen-bond acceptors (Lipinski definition) is 4. The molecule has 5 nitrogen and oxygen atoms in total. The fourth-order valence-corrected chi connectivity index (χ4v) is 4.26. The first-order valence-corrected chi connectivity index (χ1v) is 9.24. The SMILES string of the molecule is CCN1CCC[C@H](NS(=O)(=O)C2=Cc3ccccc3OC2)C1. The molecule has 3 rings (SSSR count). The summed E-state index contributed by atoms with van der Waals surface area (Å²) in [6.45, 7) is 4.98. The number of hydrogen-bond donors (Lipinski definition) is 1. The van der Waals surface area contributed by atoms with Gasteiger partial charge in [0, 0.05) is 18.2 Å². The van der Waals surface area contributed by atoms with Crippen LogP contribution < -0.4 is 9.46 Å². The zero-order valence-corrected chi connectivity index (χ0v) is 13.6. The van der Waals surface area contributed by atoms with Gasteiger partial charge in [-0.1, -0.05) is 25.1 Å². The molecular formula is C16H22N2O3S. The van der Waals surface area contributed by atoms with Gasteiger partial charge in [0.25, 0.3) is 0 Å². The normalized spacial score (nSPS) is 22.6. The Morgan fingerprint density at radius 3 is 3.00 bits per heavy atom. The van der Waals surface area contributed by atoms with Crippen LogP contribution >= 0.6 is 0 Å². The van der Waals surface area contributed by atoms with Gasteiger partial charge in [-0.15, -0.1) is 0 Å². The quantitative estimate of drug-likeness (QED) is 0.919. The standard InChI is InChI=1S/C16H22N2O3S/c1-2-18-9-5-7-14(11-18)17-22(19,20)15-10-13-6-3-4-8-16(13)21-12-15/h3-4,6,8,10,14,17H,2,5,7,9,11-12H2,1H3/t14-/m0/s1. The number of fused-ring (bicyclic) bond motifs is 1. The van der Waals surface area contributed by atoms with Crippen LogP contribution in [0.3, 0.4) is 0 Å². The van der Waals surface area contributed by atoms with Gasteiger partial charge in [0.15, 0.2) is 0 Å². The molecule has 1 N–H and O–H groups in total. The zero-order valence-electron chi connectivity index (χ0n) is 12.8. The molecule has 0 spiro atoms. The van der Waals surface area contributed by atoms with E-state index in [9.17, 15) is 8.42 Å². The van der Waals surface area contributed by atoms with E-state index in [1.807, 2.05) is 24.3 Å². The van der Waals surface area contributed by atoms with Crippen LogP contribution in [0.4, 0.5) is 0 Å². The lowest BCUT2D eigenvalue weighted by atomic mass is 10.1. The van der Waals surface area contributed by atoms with E-state index in [0.717, 1.165) is 43.8 Å². The molecule has 0 aromatic heterocycles. The van der Waals surface area contributed by atoms with Gasteiger partial charge in [-0.3, -0.25) is 0 Å². The van der Waals surface area contributed by atoms with Gasteiger partial charge < -0.3 is 9.64 Å². The summed E-state index contributed by atoms with van der Waals surface area (Å²) in [7, 11) is -3.50. The van der Waals surface area contributed by atoms with Gasteiger partial charge in [-0.05, 0) is 38.1 Å². The minimum atomic E-state index is -3.50. The van der Waals surface area contributed by atoms with Crippen molar-refractivity contribution in [1.29, 1.82) is 0 Å². The highest BCUT2D eigenvalue weighted by molar-refractivity contribution is 7.93. The lowest BCUT2D eigenvalue weighted by molar-refractivity contribution is 0.211. The van der Waals surface area contributed by atoms with Crippen LogP contribution in [-0.4, -0.2) is 45.6 Å². The van der Waals surface area contributed by atoms with Gasteiger partial charge in [-0.2, -0.15) is 0 Å². The number of benzene rings is 1. The van der Waals surface area contributed by atoms with Crippen LogP contribution in [0.15, 0.2) is 29.2 Å². The van der Waals surface area contributed by atoms with E-state index < -0.39 is 10.0 Å². The monoisotopic (exact) mass is 322 g/mol. The molecule has 1 fully saturated rings. The number of likely N-dealkylation sites (N-methyl/N-ethyl adjacent to an activating group) is 1. The molecular weight excluding hydrogens is 300 g/mol. The predicted octanol–water partition coefficient (Wildman–Crippen LogP) is 1.82. The third-order valence-electron chi connectivity index (χ3n) is 4.23. The van der Waals surface area contributed by atoms with Crippen molar-refractivity contribution in [2.24, 2.45) is 0 Å². The molecule has 1 atom stereocenters. The highest BCUT2D eigenvalue weighted by Gasteiger charge is 2.28. The van der Waals surface area contributed by atoms with Crippen molar-refractivity contribution < 1.29 is 13.2 Å². The molecule has 6 heteroatoms. The smallest absolute Gasteiger partial charge is 0.240 e. The maximum atomic E-state index is 12.6. The Morgan fingerprint density at radius 2 is 2.18 bits per heavy atom. The second-order valence-electron chi connectivity index (χ2n) is 5.79. The highest BCUT2D eigenvalue weighted by Crippen LogP contribution is 2.27. The van der Waals surface area contributed by atoms with E-state index in [0.29, 0.717) is 4.91 Å². The Kier molecular flexibility index (Phi) is 4.52. The molecule has 1 aromatic carbocycles. The summed E-state index contributed by atoms with van der Waals surface area (Å²) in [5, 5.41) is 0. The molecule has 1 saturated heterocycles. The maximum absolute atomic E-state index is 12.6. The zero-order chi connectivity index (χ0) is 15.6. The number of nitrogens with one attached hydrogen (secondary N) is 1. The molecule has 0 bridgehead atoms. The molecule has 0 aliphatic carbocycles. The van der Waals surface area contributed by atoms with Gasteiger partial charge >= 0.3 is 0 Å². The Bertz CT molecular complexity index is 670. The Morgan fingerprint density at radius 1 is 1.36 bits per heavy atom. The van der Waals surface area contributed by atoms with E-state index in [1.54, 1.807) is 6.08 Å². The summed E-state index contributed by atoms with van der Waals surface area (Å²) >= 11 is 0. The number of rotatable bonds is 4. The number of sulfonamides is 1. The first-order valence-electron chi connectivity index (χ1n) is 7.75. The minimum absolute atomic E-state index is 0.0169. The topological polar surface area (TPSA) is 58.6 Å². The van der Waals surface area contributed by atoms with E-state index in [-0.39, 0.29) is 12.6 Å². The fraction of sp³-hybridized carbons (Fsp3) is 0.500. The van der Waals surface area contributed by atoms with Gasteiger partial charge in [0.1, 0.15) is 12.4 Å². The Labute approximate surface area is 132 Å². The van der Waals surface area contributed by atoms with Crippen LogP contribution in [-0.2, 0) is 10.0 Å². The molecule has 0 radical (unpaired) electrons. The molecule has 0 saturated carbocycles. The highest BCUT2D eigenvalue weighted by atomic mass is 32.2. The average Bonchev–Trinajstić information content (AvgIpc) is 2.54. The molecule has 2 aliphatic rings. The van der Waals surface area contributed by atoms with E-state index in [1.165, 1.54) is 0 Å². The van der Waals surface area contributed by atoms with Crippen molar-refractivity contribution in [3.63, 3.8) is 0 Å². The van der Waals surface area contributed by atoms with Crippen molar-refractivity contribution in [3.8, 4) is 5.75 Å². The molecule has 2 aliphatic heterocycles. The van der Waals surface area contributed by atoms with Crippen molar-refractivity contribution in [2.75, 3.05) is 26.2 Å². The van der Waals surface area contributed by atoms with Crippen LogP contribution in [0.25, 0.3) is 6.08 Å². The number of piperidine rings is 1. The lowest BCUT2D eigenvalue weighted by Gasteiger charge is -2.32. The predicted molar refractivity (Wildman–Crippen MR) is 87.1 cm³/mol. The Hall–Kier alpha value is -1.37. The molecule has 22 heavy (non-hydrogen) atoms. The average molecular weight is 322 g/mol.